The SMILES string of the molecule is [C-]#[N+]c1ccc2c(c1)oc1c(-c3ccc4cc(CC(C)C)ccc4[n+]3C)c(C)c(C)cc12. The molecule has 0 aliphatic carbocycles. The van der Waals surface area contributed by atoms with E-state index >= 15 is 0 Å². The van der Waals surface area contributed by atoms with Crippen molar-refractivity contribution < 1.29 is 8.98 Å². The molecule has 0 atom stereocenters. The molecular weight excluding hydrogens is 392 g/mol. The van der Waals surface area contributed by atoms with Gasteiger partial charge in [-0.3, -0.25) is 0 Å². The summed E-state index contributed by atoms with van der Waals surface area (Å²) in [6.07, 6.45) is 1.09. The molecule has 0 amide bonds. The fourth-order valence-corrected chi connectivity index (χ4v) is 4.81. The summed E-state index contributed by atoms with van der Waals surface area (Å²) in [4.78, 5) is 3.57. The van der Waals surface area contributed by atoms with Crippen molar-refractivity contribution in [3.63, 3.8) is 0 Å². The van der Waals surface area contributed by atoms with Gasteiger partial charge in [-0.25, -0.2) is 4.85 Å². The maximum atomic E-state index is 7.34. The van der Waals surface area contributed by atoms with E-state index in [1.54, 1.807) is 0 Å². The summed E-state index contributed by atoms with van der Waals surface area (Å²) in [7, 11) is 2.13. The van der Waals surface area contributed by atoms with Gasteiger partial charge in [-0.15, -0.1) is 0 Å². The predicted octanol–water partition coefficient (Wildman–Crippen LogP) is 7.60. The van der Waals surface area contributed by atoms with Crippen molar-refractivity contribution in [2.75, 3.05) is 0 Å². The van der Waals surface area contributed by atoms with E-state index in [0.717, 1.165) is 39.6 Å². The smallest absolute Gasteiger partial charge is 0.216 e. The number of hydrogen-bond acceptors (Lipinski definition) is 1. The number of fused-ring (bicyclic) bond motifs is 4. The van der Waals surface area contributed by atoms with Gasteiger partial charge >= 0.3 is 0 Å². The van der Waals surface area contributed by atoms with Crippen LogP contribution in [0.1, 0.15) is 30.5 Å². The minimum Gasteiger partial charge on any atom is -0.456 e. The molecule has 3 nitrogen and oxygen atoms in total. The van der Waals surface area contributed by atoms with E-state index in [1.807, 2.05) is 18.2 Å². The molecule has 0 radical (unpaired) electrons. The summed E-state index contributed by atoms with van der Waals surface area (Å²) in [6.45, 7) is 16.2. The van der Waals surface area contributed by atoms with E-state index in [4.69, 9.17) is 11.0 Å². The molecule has 5 aromatic rings. The summed E-state index contributed by atoms with van der Waals surface area (Å²) in [5.74, 6) is 0.639. The van der Waals surface area contributed by atoms with Crippen molar-refractivity contribution in [1.29, 1.82) is 0 Å². The average molecular weight is 420 g/mol. The van der Waals surface area contributed by atoms with Gasteiger partial charge in [0, 0.05) is 28.3 Å². The lowest BCUT2D eigenvalue weighted by Crippen LogP contribution is -2.32. The molecule has 32 heavy (non-hydrogen) atoms. The number of nitrogens with zero attached hydrogens (tertiary/aromatic N) is 2. The zero-order valence-corrected chi connectivity index (χ0v) is 19.3. The molecule has 3 heteroatoms. The Morgan fingerprint density at radius 2 is 1.78 bits per heavy atom. The van der Waals surface area contributed by atoms with Gasteiger partial charge in [0.2, 0.25) is 11.2 Å². The third-order valence-corrected chi connectivity index (χ3v) is 6.53. The van der Waals surface area contributed by atoms with Crippen molar-refractivity contribution in [2.45, 2.75) is 34.1 Å². The molecule has 0 unspecified atom stereocenters. The van der Waals surface area contributed by atoms with Crippen molar-refractivity contribution in [3.8, 4) is 11.3 Å². The van der Waals surface area contributed by atoms with Crippen LogP contribution in [0.3, 0.4) is 0 Å². The van der Waals surface area contributed by atoms with Crippen molar-refractivity contribution in [2.24, 2.45) is 13.0 Å². The van der Waals surface area contributed by atoms with Crippen molar-refractivity contribution in [1.82, 2.24) is 0 Å². The highest BCUT2D eigenvalue weighted by atomic mass is 16.3. The minimum atomic E-state index is 0.597. The number of rotatable bonds is 3. The van der Waals surface area contributed by atoms with Crippen LogP contribution in [0.5, 0.6) is 0 Å². The molecular formula is C29H27N2O+. The van der Waals surface area contributed by atoms with Crippen LogP contribution in [-0.4, -0.2) is 0 Å². The van der Waals surface area contributed by atoms with Crippen LogP contribution in [0.25, 0.3) is 48.9 Å². The van der Waals surface area contributed by atoms with Gasteiger partial charge in [0.1, 0.15) is 18.2 Å². The highest BCUT2D eigenvalue weighted by molar-refractivity contribution is 6.10. The second-order valence-corrected chi connectivity index (χ2v) is 9.23. The third kappa shape index (κ3) is 3.15. The Labute approximate surface area is 188 Å². The van der Waals surface area contributed by atoms with Crippen LogP contribution in [0.15, 0.2) is 59.0 Å². The molecule has 0 saturated heterocycles. The molecule has 2 heterocycles. The normalized spacial score (nSPS) is 11.7. The van der Waals surface area contributed by atoms with E-state index in [0.29, 0.717) is 11.6 Å². The van der Waals surface area contributed by atoms with Crippen LogP contribution in [-0.2, 0) is 13.5 Å². The molecule has 0 N–H and O–H groups in total. The average Bonchev–Trinajstić information content (AvgIpc) is 3.12. The number of aryl methyl sites for hydroxylation is 2. The Kier molecular flexibility index (Phi) is 4.75. The molecule has 0 saturated carbocycles. The minimum absolute atomic E-state index is 0.597. The van der Waals surface area contributed by atoms with Gasteiger partial charge < -0.3 is 4.42 Å². The Balaban J connectivity index is 1.79. The summed E-state index contributed by atoms with van der Waals surface area (Å²) in [5.41, 5.74) is 9.53. The van der Waals surface area contributed by atoms with Crippen LogP contribution in [0.4, 0.5) is 5.69 Å². The standard InChI is InChI=1S/C29H27N2O/c1-17(2)13-20-7-11-25-21(15-20)8-12-26(31(25)6)28-19(4)18(3)14-24-23-10-9-22(30-5)16-27(23)32-29(24)28/h7-12,14-17H,13H2,1-4,6H3/q+1. The maximum absolute atomic E-state index is 7.34. The Bertz CT molecular complexity index is 1560. The van der Waals surface area contributed by atoms with Crippen LogP contribution < -0.4 is 4.57 Å². The molecule has 0 spiro atoms. The van der Waals surface area contributed by atoms with E-state index in [9.17, 15) is 0 Å². The first kappa shape index (κ1) is 20.3. The highest BCUT2D eigenvalue weighted by Crippen LogP contribution is 2.39. The maximum Gasteiger partial charge on any atom is 0.216 e. The summed E-state index contributed by atoms with van der Waals surface area (Å²) in [6, 6.07) is 19.1. The summed E-state index contributed by atoms with van der Waals surface area (Å²) in [5, 5.41) is 3.41. The van der Waals surface area contributed by atoms with Crippen LogP contribution in [0, 0.1) is 26.3 Å². The fraction of sp³-hybridized carbons (Fsp3) is 0.241. The van der Waals surface area contributed by atoms with Gasteiger partial charge in [0.05, 0.1) is 12.1 Å². The topological polar surface area (TPSA) is 21.4 Å². The molecule has 0 aliphatic rings. The predicted molar refractivity (Wildman–Crippen MR) is 132 cm³/mol. The number of pyridine rings is 1. The third-order valence-electron chi connectivity index (χ3n) is 6.53. The zero-order valence-electron chi connectivity index (χ0n) is 19.3. The van der Waals surface area contributed by atoms with Crippen molar-refractivity contribution in [3.05, 3.63) is 82.7 Å². The Morgan fingerprint density at radius 1 is 0.969 bits per heavy atom. The number of aromatic nitrogens is 1. The second-order valence-electron chi connectivity index (χ2n) is 9.23. The van der Waals surface area contributed by atoms with E-state index in [1.165, 1.54) is 27.6 Å². The quantitative estimate of drug-likeness (QED) is 0.218. The first-order valence-corrected chi connectivity index (χ1v) is 11.1. The summed E-state index contributed by atoms with van der Waals surface area (Å²) >= 11 is 0. The lowest BCUT2D eigenvalue weighted by molar-refractivity contribution is -0.633. The van der Waals surface area contributed by atoms with Gasteiger partial charge in [-0.1, -0.05) is 32.0 Å². The van der Waals surface area contributed by atoms with Gasteiger partial charge in [-0.2, -0.15) is 4.57 Å². The molecule has 158 valence electrons. The van der Waals surface area contributed by atoms with Gasteiger partial charge in [-0.05, 0) is 67.1 Å². The molecule has 0 bridgehead atoms. The second kappa shape index (κ2) is 7.50. The number of hydrogen-bond donors (Lipinski definition) is 0. The lowest BCUT2D eigenvalue weighted by Gasteiger charge is -2.11. The highest BCUT2D eigenvalue weighted by Gasteiger charge is 2.23. The van der Waals surface area contributed by atoms with Crippen molar-refractivity contribution >= 4 is 38.5 Å². The zero-order chi connectivity index (χ0) is 22.6. The van der Waals surface area contributed by atoms with Crippen LogP contribution in [0.2, 0.25) is 0 Å². The van der Waals surface area contributed by atoms with E-state index < -0.39 is 0 Å². The van der Waals surface area contributed by atoms with Gasteiger partial charge in [0.15, 0.2) is 5.69 Å². The largest absolute Gasteiger partial charge is 0.456 e. The van der Waals surface area contributed by atoms with Crippen LogP contribution >= 0.6 is 0 Å². The molecule has 3 aromatic carbocycles. The lowest BCUT2D eigenvalue weighted by atomic mass is 9.95. The number of furan rings is 1. The first-order chi connectivity index (χ1) is 15.4. The molecule has 0 aliphatic heterocycles. The Morgan fingerprint density at radius 3 is 2.53 bits per heavy atom. The van der Waals surface area contributed by atoms with E-state index in [2.05, 4.69) is 80.6 Å². The van der Waals surface area contributed by atoms with Gasteiger partial charge in [0.25, 0.3) is 0 Å². The summed E-state index contributed by atoms with van der Waals surface area (Å²) < 4.78 is 8.66. The fourth-order valence-electron chi connectivity index (χ4n) is 4.81. The molecule has 5 rings (SSSR count). The Hall–Kier alpha value is -3.64. The van der Waals surface area contributed by atoms with E-state index in [-0.39, 0.29) is 0 Å². The monoisotopic (exact) mass is 419 g/mol. The molecule has 2 aromatic heterocycles. The first-order valence-electron chi connectivity index (χ1n) is 11.1. The number of benzene rings is 3. The molecule has 0 fully saturated rings.